The van der Waals surface area contributed by atoms with Gasteiger partial charge in [-0.1, -0.05) is 0 Å². The molecular formula is C14H17ClF4N2O. The van der Waals surface area contributed by atoms with Crippen molar-refractivity contribution in [3.05, 3.63) is 35.1 Å². The Labute approximate surface area is 132 Å². The summed E-state index contributed by atoms with van der Waals surface area (Å²) in [5.74, 6) is -1.74. The third-order valence-corrected chi connectivity index (χ3v) is 3.69. The van der Waals surface area contributed by atoms with Crippen LogP contribution in [0.15, 0.2) is 18.2 Å². The number of hydrogen-bond donors (Lipinski definition) is 1. The second-order valence-corrected chi connectivity index (χ2v) is 5.08. The minimum Gasteiger partial charge on any atom is -0.339 e. The first-order chi connectivity index (χ1) is 9.80. The van der Waals surface area contributed by atoms with Crippen LogP contribution in [0, 0.1) is 5.82 Å². The van der Waals surface area contributed by atoms with Crippen LogP contribution in [0.25, 0.3) is 0 Å². The Morgan fingerprint density at radius 3 is 2.41 bits per heavy atom. The average Bonchev–Trinajstić information content (AvgIpc) is 2.45. The van der Waals surface area contributed by atoms with E-state index >= 15 is 0 Å². The Morgan fingerprint density at radius 2 is 1.86 bits per heavy atom. The van der Waals surface area contributed by atoms with Crippen LogP contribution in [-0.2, 0) is 6.18 Å². The third-order valence-electron chi connectivity index (χ3n) is 3.69. The monoisotopic (exact) mass is 340 g/mol. The van der Waals surface area contributed by atoms with Crippen molar-refractivity contribution < 1.29 is 22.4 Å². The van der Waals surface area contributed by atoms with E-state index in [1.807, 2.05) is 0 Å². The molecular weight excluding hydrogens is 324 g/mol. The number of halogens is 5. The number of carbonyl (C=O) groups is 1. The van der Waals surface area contributed by atoms with Gasteiger partial charge < -0.3 is 10.2 Å². The van der Waals surface area contributed by atoms with E-state index in [2.05, 4.69) is 5.32 Å². The molecule has 1 heterocycles. The Morgan fingerprint density at radius 1 is 1.27 bits per heavy atom. The molecule has 8 heteroatoms. The summed E-state index contributed by atoms with van der Waals surface area (Å²) in [6.07, 6.45) is -3.39. The smallest absolute Gasteiger partial charge is 0.339 e. The van der Waals surface area contributed by atoms with Crippen LogP contribution < -0.4 is 5.32 Å². The first-order valence-electron chi connectivity index (χ1n) is 6.65. The van der Waals surface area contributed by atoms with Gasteiger partial charge in [0.15, 0.2) is 0 Å². The van der Waals surface area contributed by atoms with Gasteiger partial charge in [-0.15, -0.1) is 12.4 Å². The molecule has 2 rings (SSSR count). The second-order valence-electron chi connectivity index (χ2n) is 5.08. The van der Waals surface area contributed by atoms with Crippen LogP contribution in [0.4, 0.5) is 17.6 Å². The standard InChI is InChI=1S/C14H16F4N2O.ClH/c1-20(10-4-6-19-7-5-10)13(21)11-3-2-9(15)8-12(11)14(16,17)18;/h2-3,8,10,19H,4-7H2,1H3;1H. The number of nitrogens with zero attached hydrogens (tertiary/aromatic N) is 1. The summed E-state index contributed by atoms with van der Waals surface area (Å²) in [5, 5.41) is 3.12. The van der Waals surface area contributed by atoms with Gasteiger partial charge in [-0.25, -0.2) is 4.39 Å². The molecule has 1 aliphatic heterocycles. The number of benzene rings is 1. The topological polar surface area (TPSA) is 32.3 Å². The predicted octanol–water partition coefficient (Wildman–Crippen LogP) is 3.09. The molecule has 1 aliphatic rings. The zero-order valence-electron chi connectivity index (χ0n) is 11.9. The average molecular weight is 341 g/mol. The van der Waals surface area contributed by atoms with E-state index in [0.717, 1.165) is 25.2 Å². The predicted molar refractivity (Wildman–Crippen MR) is 76.6 cm³/mol. The summed E-state index contributed by atoms with van der Waals surface area (Å²) in [6.45, 7) is 1.44. The molecule has 22 heavy (non-hydrogen) atoms. The van der Waals surface area contributed by atoms with Crippen molar-refractivity contribution in [3.63, 3.8) is 0 Å². The highest BCUT2D eigenvalue weighted by Crippen LogP contribution is 2.33. The van der Waals surface area contributed by atoms with Crippen LogP contribution >= 0.6 is 12.4 Å². The fraction of sp³-hybridized carbons (Fsp3) is 0.500. The molecule has 0 aliphatic carbocycles. The fourth-order valence-corrected chi connectivity index (χ4v) is 2.49. The Hall–Kier alpha value is -1.34. The molecule has 0 atom stereocenters. The van der Waals surface area contributed by atoms with Gasteiger partial charge in [0.1, 0.15) is 5.82 Å². The zero-order chi connectivity index (χ0) is 15.6. The number of rotatable bonds is 2. The summed E-state index contributed by atoms with van der Waals surface area (Å²) in [6, 6.07) is 2.03. The molecule has 0 unspecified atom stereocenters. The number of amides is 1. The first kappa shape index (κ1) is 18.7. The van der Waals surface area contributed by atoms with Gasteiger partial charge in [-0.2, -0.15) is 13.2 Å². The quantitative estimate of drug-likeness (QED) is 0.839. The molecule has 3 nitrogen and oxygen atoms in total. The lowest BCUT2D eigenvalue weighted by molar-refractivity contribution is -0.138. The molecule has 1 saturated heterocycles. The van der Waals surface area contributed by atoms with Crippen molar-refractivity contribution in [1.82, 2.24) is 10.2 Å². The van der Waals surface area contributed by atoms with E-state index in [0.29, 0.717) is 18.9 Å². The fourth-order valence-electron chi connectivity index (χ4n) is 2.49. The Kier molecular flexibility index (Phi) is 6.19. The minimum absolute atomic E-state index is 0. The van der Waals surface area contributed by atoms with Crippen molar-refractivity contribution in [2.24, 2.45) is 0 Å². The zero-order valence-corrected chi connectivity index (χ0v) is 12.7. The summed E-state index contributed by atoms with van der Waals surface area (Å²) in [5.41, 5.74) is -1.74. The molecule has 0 saturated carbocycles. The van der Waals surface area contributed by atoms with Gasteiger partial charge in [0.2, 0.25) is 0 Å². The first-order valence-corrected chi connectivity index (χ1v) is 6.65. The van der Waals surface area contributed by atoms with Gasteiger partial charge in [0.25, 0.3) is 5.91 Å². The van der Waals surface area contributed by atoms with Crippen molar-refractivity contribution in [3.8, 4) is 0 Å². The highest BCUT2D eigenvalue weighted by Gasteiger charge is 2.37. The normalized spacial score (nSPS) is 16.0. The summed E-state index contributed by atoms with van der Waals surface area (Å²) < 4.78 is 51.9. The van der Waals surface area contributed by atoms with Crippen LogP contribution in [0.1, 0.15) is 28.8 Å². The van der Waals surface area contributed by atoms with E-state index in [-0.39, 0.29) is 18.4 Å². The molecule has 1 N–H and O–H groups in total. The Balaban J connectivity index is 0.00000242. The number of piperidine rings is 1. The molecule has 0 radical (unpaired) electrons. The molecule has 1 amide bonds. The highest BCUT2D eigenvalue weighted by atomic mass is 35.5. The summed E-state index contributed by atoms with van der Waals surface area (Å²) in [4.78, 5) is 13.6. The summed E-state index contributed by atoms with van der Waals surface area (Å²) >= 11 is 0. The van der Waals surface area contributed by atoms with Crippen LogP contribution in [-0.4, -0.2) is 37.0 Å². The van der Waals surface area contributed by atoms with Gasteiger partial charge in [-0.3, -0.25) is 4.79 Å². The van der Waals surface area contributed by atoms with Gasteiger partial charge in [-0.05, 0) is 44.1 Å². The molecule has 1 fully saturated rings. The largest absolute Gasteiger partial charge is 0.417 e. The number of alkyl halides is 3. The SMILES string of the molecule is CN(C(=O)c1ccc(F)cc1C(F)(F)F)C1CCNCC1.Cl. The third kappa shape index (κ3) is 4.10. The van der Waals surface area contributed by atoms with Crippen molar-refractivity contribution in [2.75, 3.05) is 20.1 Å². The molecule has 1 aromatic rings. The molecule has 0 aromatic heterocycles. The Bertz CT molecular complexity index is 530. The molecule has 0 bridgehead atoms. The lowest BCUT2D eigenvalue weighted by Gasteiger charge is -2.32. The van der Waals surface area contributed by atoms with Gasteiger partial charge in [0.05, 0.1) is 11.1 Å². The molecule has 0 spiro atoms. The van der Waals surface area contributed by atoms with Crippen LogP contribution in [0.2, 0.25) is 0 Å². The van der Waals surface area contributed by atoms with E-state index in [1.54, 1.807) is 0 Å². The maximum atomic E-state index is 13.1. The van der Waals surface area contributed by atoms with Crippen molar-refractivity contribution in [1.29, 1.82) is 0 Å². The van der Waals surface area contributed by atoms with Gasteiger partial charge in [0, 0.05) is 13.1 Å². The van der Waals surface area contributed by atoms with E-state index in [4.69, 9.17) is 0 Å². The van der Waals surface area contributed by atoms with Crippen LogP contribution in [0.5, 0.6) is 0 Å². The lowest BCUT2D eigenvalue weighted by atomic mass is 10.0. The second kappa shape index (κ2) is 7.28. The highest BCUT2D eigenvalue weighted by molar-refractivity contribution is 5.96. The van der Waals surface area contributed by atoms with Gasteiger partial charge >= 0.3 is 6.18 Å². The molecule has 1 aromatic carbocycles. The van der Waals surface area contributed by atoms with E-state index in [1.165, 1.54) is 11.9 Å². The van der Waals surface area contributed by atoms with E-state index in [9.17, 15) is 22.4 Å². The van der Waals surface area contributed by atoms with Crippen molar-refractivity contribution >= 4 is 18.3 Å². The van der Waals surface area contributed by atoms with Crippen LogP contribution in [0.3, 0.4) is 0 Å². The van der Waals surface area contributed by atoms with E-state index < -0.39 is 29.0 Å². The number of hydrogen-bond acceptors (Lipinski definition) is 2. The number of carbonyl (C=O) groups excluding carboxylic acids is 1. The minimum atomic E-state index is -4.76. The number of nitrogens with one attached hydrogen (secondary N) is 1. The maximum absolute atomic E-state index is 13.1. The lowest BCUT2D eigenvalue weighted by Crippen LogP contribution is -2.44. The van der Waals surface area contributed by atoms with Crippen molar-refractivity contribution in [2.45, 2.75) is 25.1 Å². The maximum Gasteiger partial charge on any atom is 0.417 e. The molecule has 124 valence electrons. The summed E-state index contributed by atoms with van der Waals surface area (Å²) in [7, 11) is 1.49.